The molecule has 1 heterocycles. The zero-order valence-corrected chi connectivity index (χ0v) is 12.3. The van der Waals surface area contributed by atoms with Gasteiger partial charge in [0.05, 0.1) is 0 Å². The van der Waals surface area contributed by atoms with Gasteiger partial charge in [0.2, 0.25) is 0 Å². The summed E-state index contributed by atoms with van der Waals surface area (Å²) in [5.74, 6) is 0.00875. The SMILES string of the molecule is Cc1ccccc1CN(C)C(=O)c1cc2ccccc2[nH]1. The van der Waals surface area contributed by atoms with Crippen molar-refractivity contribution in [1.82, 2.24) is 9.88 Å². The summed E-state index contributed by atoms with van der Waals surface area (Å²) in [6.45, 7) is 2.68. The summed E-state index contributed by atoms with van der Waals surface area (Å²) in [7, 11) is 1.83. The fraction of sp³-hybridized carbons (Fsp3) is 0.167. The molecule has 21 heavy (non-hydrogen) atoms. The number of aryl methyl sites for hydroxylation is 1. The molecule has 0 radical (unpaired) electrons. The van der Waals surface area contributed by atoms with Crippen LogP contribution in [0.15, 0.2) is 54.6 Å². The molecule has 0 spiro atoms. The van der Waals surface area contributed by atoms with E-state index in [1.807, 2.05) is 49.5 Å². The van der Waals surface area contributed by atoms with E-state index in [1.54, 1.807) is 4.90 Å². The van der Waals surface area contributed by atoms with Crippen molar-refractivity contribution in [2.24, 2.45) is 0 Å². The summed E-state index contributed by atoms with van der Waals surface area (Å²) in [6.07, 6.45) is 0. The minimum atomic E-state index is 0.00875. The Morgan fingerprint density at radius 3 is 2.57 bits per heavy atom. The molecule has 0 aliphatic heterocycles. The van der Waals surface area contributed by atoms with Crippen LogP contribution in [0.2, 0.25) is 0 Å². The van der Waals surface area contributed by atoms with E-state index in [2.05, 4.69) is 24.0 Å². The molecule has 1 N–H and O–H groups in total. The minimum absolute atomic E-state index is 0.00875. The number of nitrogens with zero attached hydrogens (tertiary/aromatic N) is 1. The fourth-order valence-electron chi connectivity index (χ4n) is 2.51. The van der Waals surface area contributed by atoms with E-state index >= 15 is 0 Å². The zero-order valence-electron chi connectivity index (χ0n) is 12.3. The molecule has 3 heteroatoms. The average molecular weight is 278 g/mol. The van der Waals surface area contributed by atoms with Crippen LogP contribution in [0.5, 0.6) is 0 Å². The van der Waals surface area contributed by atoms with Crippen molar-refractivity contribution in [2.45, 2.75) is 13.5 Å². The van der Waals surface area contributed by atoms with Crippen LogP contribution < -0.4 is 0 Å². The van der Waals surface area contributed by atoms with Gasteiger partial charge in [0.15, 0.2) is 0 Å². The lowest BCUT2D eigenvalue weighted by molar-refractivity contribution is 0.0780. The molecule has 106 valence electrons. The first-order valence-corrected chi connectivity index (χ1v) is 7.03. The van der Waals surface area contributed by atoms with Gasteiger partial charge in [-0.25, -0.2) is 0 Å². The number of aromatic nitrogens is 1. The predicted molar refractivity (Wildman–Crippen MR) is 85.3 cm³/mol. The van der Waals surface area contributed by atoms with Crippen LogP contribution in [0.4, 0.5) is 0 Å². The van der Waals surface area contributed by atoms with Gasteiger partial charge in [-0.05, 0) is 30.2 Å². The third-order valence-corrected chi connectivity index (χ3v) is 3.78. The van der Waals surface area contributed by atoms with E-state index in [0.29, 0.717) is 12.2 Å². The summed E-state index contributed by atoms with van der Waals surface area (Å²) in [5, 5.41) is 1.06. The molecular formula is C18H18N2O. The highest BCUT2D eigenvalue weighted by Gasteiger charge is 2.15. The topological polar surface area (TPSA) is 36.1 Å². The van der Waals surface area contributed by atoms with Crippen LogP contribution in [0.1, 0.15) is 21.6 Å². The van der Waals surface area contributed by atoms with Gasteiger partial charge in [0, 0.05) is 24.5 Å². The quantitative estimate of drug-likeness (QED) is 0.778. The second-order valence-electron chi connectivity index (χ2n) is 5.36. The van der Waals surface area contributed by atoms with Crippen LogP contribution in [-0.2, 0) is 6.54 Å². The van der Waals surface area contributed by atoms with Gasteiger partial charge in [-0.2, -0.15) is 0 Å². The van der Waals surface area contributed by atoms with Crippen LogP contribution in [0.3, 0.4) is 0 Å². The normalized spacial score (nSPS) is 10.8. The third kappa shape index (κ3) is 2.68. The van der Waals surface area contributed by atoms with Gasteiger partial charge in [0.1, 0.15) is 5.69 Å². The summed E-state index contributed by atoms with van der Waals surface area (Å²) in [5.41, 5.74) is 4.00. The van der Waals surface area contributed by atoms with Gasteiger partial charge in [-0.1, -0.05) is 42.5 Å². The van der Waals surface area contributed by atoms with Crippen molar-refractivity contribution in [3.63, 3.8) is 0 Å². The Morgan fingerprint density at radius 2 is 1.81 bits per heavy atom. The van der Waals surface area contributed by atoms with Crippen molar-refractivity contribution < 1.29 is 4.79 Å². The molecule has 3 rings (SSSR count). The number of benzene rings is 2. The maximum absolute atomic E-state index is 12.5. The molecule has 1 amide bonds. The highest BCUT2D eigenvalue weighted by molar-refractivity contribution is 5.97. The maximum Gasteiger partial charge on any atom is 0.270 e. The number of hydrogen-bond donors (Lipinski definition) is 1. The molecular weight excluding hydrogens is 260 g/mol. The Balaban J connectivity index is 1.82. The summed E-state index contributed by atoms with van der Waals surface area (Å²) >= 11 is 0. The Hall–Kier alpha value is -2.55. The summed E-state index contributed by atoms with van der Waals surface area (Å²) in [4.78, 5) is 17.5. The highest BCUT2D eigenvalue weighted by atomic mass is 16.2. The number of para-hydroxylation sites is 1. The predicted octanol–water partition coefficient (Wildman–Crippen LogP) is 3.75. The standard InChI is InChI=1S/C18H18N2O/c1-13-7-3-4-9-15(13)12-20(2)18(21)17-11-14-8-5-6-10-16(14)19-17/h3-11,19H,12H2,1-2H3. The van der Waals surface area contributed by atoms with Gasteiger partial charge in [0.25, 0.3) is 5.91 Å². The minimum Gasteiger partial charge on any atom is -0.351 e. The number of fused-ring (bicyclic) bond motifs is 1. The number of amides is 1. The number of nitrogens with one attached hydrogen (secondary N) is 1. The van der Waals surface area contributed by atoms with E-state index in [0.717, 1.165) is 10.9 Å². The van der Waals surface area contributed by atoms with Gasteiger partial charge < -0.3 is 9.88 Å². The monoisotopic (exact) mass is 278 g/mol. The van der Waals surface area contributed by atoms with Crippen molar-refractivity contribution in [3.8, 4) is 0 Å². The second-order valence-corrected chi connectivity index (χ2v) is 5.36. The molecule has 0 aliphatic carbocycles. The third-order valence-electron chi connectivity index (χ3n) is 3.78. The van der Waals surface area contributed by atoms with E-state index in [-0.39, 0.29) is 5.91 Å². The van der Waals surface area contributed by atoms with E-state index in [1.165, 1.54) is 11.1 Å². The highest BCUT2D eigenvalue weighted by Crippen LogP contribution is 2.17. The largest absolute Gasteiger partial charge is 0.351 e. The number of H-pyrrole nitrogens is 1. The number of hydrogen-bond acceptors (Lipinski definition) is 1. The lowest BCUT2D eigenvalue weighted by Gasteiger charge is -2.17. The first kappa shape index (κ1) is 13.4. The van der Waals surface area contributed by atoms with Crippen LogP contribution >= 0.6 is 0 Å². The van der Waals surface area contributed by atoms with Crippen molar-refractivity contribution in [1.29, 1.82) is 0 Å². The molecule has 0 saturated heterocycles. The fourth-order valence-corrected chi connectivity index (χ4v) is 2.51. The van der Waals surface area contributed by atoms with Crippen molar-refractivity contribution in [3.05, 3.63) is 71.4 Å². The smallest absolute Gasteiger partial charge is 0.270 e. The van der Waals surface area contributed by atoms with Crippen molar-refractivity contribution >= 4 is 16.8 Å². The lowest BCUT2D eigenvalue weighted by atomic mass is 10.1. The van der Waals surface area contributed by atoms with Crippen LogP contribution in [0, 0.1) is 6.92 Å². The maximum atomic E-state index is 12.5. The van der Waals surface area contributed by atoms with Crippen molar-refractivity contribution in [2.75, 3.05) is 7.05 Å². The Labute approximate surface area is 124 Å². The van der Waals surface area contributed by atoms with E-state index in [4.69, 9.17) is 0 Å². The first-order chi connectivity index (χ1) is 10.1. The lowest BCUT2D eigenvalue weighted by Crippen LogP contribution is -2.26. The molecule has 1 aromatic heterocycles. The molecule has 3 nitrogen and oxygen atoms in total. The van der Waals surface area contributed by atoms with Crippen LogP contribution in [0.25, 0.3) is 10.9 Å². The summed E-state index contributed by atoms with van der Waals surface area (Å²) in [6, 6.07) is 18.0. The van der Waals surface area contributed by atoms with Gasteiger partial charge in [-0.15, -0.1) is 0 Å². The molecule has 2 aromatic carbocycles. The number of aromatic amines is 1. The van der Waals surface area contributed by atoms with Crippen LogP contribution in [-0.4, -0.2) is 22.8 Å². The number of carbonyl (C=O) groups is 1. The Bertz CT molecular complexity index is 756. The molecule has 0 atom stereocenters. The number of carbonyl (C=O) groups excluding carboxylic acids is 1. The first-order valence-electron chi connectivity index (χ1n) is 7.03. The second kappa shape index (κ2) is 5.44. The van der Waals surface area contributed by atoms with Gasteiger partial charge >= 0.3 is 0 Å². The summed E-state index contributed by atoms with van der Waals surface area (Å²) < 4.78 is 0. The molecule has 0 unspecified atom stereocenters. The molecule has 0 aliphatic rings. The molecule has 0 bridgehead atoms. The Kier molecular flexibility index (Phi) is 3.48. The average Bonchev–Trinajstić information content (AvgIpc) is 2.92. The van der Waals surface area contributed by atoms with Gasteiger partial charge in [-0.3, -0.25) is 4.79 Å². The van der Waals surface area contributed by atoms with E-state index < -0.39 is 0 Å². The van der Waals surface area contributed by atoms with E-state index in [9.17, 15) is 4.79 Å². The molecule has 0 saturated carbocycles. The molecule has 0 fully saturated rings. The number of rotatable bonds is 3. The molecule has 3 aromatic rings. The zero-order chi connectivity index (χ0) is 14.8. The Morgan fingerprint density at radius 1 is 1.10 bits per heavy atom.